The highest BCUT2D eigenvalue weighted by atomic mass is 32.1. The van der Waals surface area contributed by atoms with Crippen LogP contribution in [0.3, 0.4) is 0 Å². The molecular formula is C29H35N3O3S. The lowest BCUT2D eigenvalue weighted by molar-refractivity contribution is -0.134. The van der Waals surface area contributed by atoms with Crippen LogP contribution >= 0.6 is 11.3 Å². The molecule has 0 saturated carbocycles. The van der Waals surface area contributed by atoms with E-state index in [1.54, 1.807) is 5.38 Å². The zero-order valence-corrected chi connectivity index (χ0v) is 22.3. The van der Waals surface area contributed by atoms with E-state index in [0.29, 0.717) is 37.0 Å². The molecule has 1 aromatic heterocycles. The maximum Gasteiger partial charge on any atom is 0.270 e. The minimum atomic E-state index is -0.156. The standard InChI is InChI=1S/C29H35N3O3S/c1-19(2)14-27(33)32-13-12-21-10-11-23(15-24(21)28(32)22-8-6-5-7-9-22)35-17-26-31-25(18-36-26)29(34)30-16-20(3)4/h5-11,15,18-20,28H,12-14,16-17H2,1-4H3,(H,30,34)/t28-/m1/s1. The Morgan fingerprint density at radius 2 is 1.89 bits per heavy atom. The van der Waals surface area contributed by atoms with Gasteiger partial charge in [0.15, 0.2) is 0 Å². The van der Waals surface area contributed by atoms with Gasteiger partial charge in [-0.25, -0.2) is 4.98 Å². The summed E-state index contributed by atoms with van der Waals surface area (Å²) >= 11 is 1.42. The first-order chi connectivity index (χ1) is 17.3. The fourth-order valence-electron chi connectivity index (χ4n) is 4.43. The largest absolute Gasteiger partial charge is 0.486 e. The molecular weight excluding hydrogens is 470 g/mol. The van der Waals surface area contributed by atoms with Crippen molar-refractivity contribution in [2.45, 2.75) is 53.2 Å². The fraction of sp³-hybridized carbons (Fsp3) is 0.414. The minimum absolute atomic E-state index is 0.138. The second-order valence-electron chi connectivity index (χ2n) is 10.1. The molecule has 0 radical (unpaired) electrons. The van der Waals surface area contributed by atoms with E-state index in [2.05, 4.69) is 62.3 Å². The normalized spacial score (nSPS) is 15.2. The van der Waals surface area contributed by atoms with Crippen molar-refractivity contribution in [1.82, 2.24) is 15.2 Å². The molecule has 36 heavy (non-hydrogen) atoms. The molecule has 0 aliphatic carbocycles. The van der Waals surface area contributed by atoms with Crippen molar-refractivity contribution in [3.8, 4) is 5.75 Å². The maximum atomic E-state index is 13.2. The predicted octanol–water partition coefficient (Wildman–Crippen LogP) is 5.63. The van der Waals surface area contributed by atoms with E-state index in [-0.39, 0.29) is 24.5 Å². The van der Waals surface area contributed by atoms with Crippen LogP contribution in [-0.2, 0) is 17.8 Å². The quantitative estimate of drug-likeness (QED) is 0.409. The first-order valence-corrected chi connectivity index (χ1v) is 13.5. The van der Waals surface area contributed by atoms with E-state index in [9.17, 15) is 9.59 Å². The van der Waals surface area contributed by atoms with Gasteiger partial charge in [0.2, 0.25) is 5.91 Å². The number of ether oxygens (including phenoxy) is 1. The SMILES string of the molecule is CC(C)CNC(=O)c1csc(COc2ccc3c(c2)[C@@H](c2ccccc2)N(C(=O)CC(C)C)CC3)n1. The summed E-state index contributed by atoms with van der Waals surface area (Å²) < 4.78 is 6.11. The number of amides is 2. The molecule has 0 saturated heterocycles. The summed E-state index contributed by atoms with van der Waals surface area (Å²) in [6.45, 7) is 9.89. The van der Waals surface area contributed by atoms with Crippen molar-refractivity contribution in [3.63, 3.8) is 0 Å². The van der Waals surface area contributed by atoms with Crippen molar-refractivity contribution >= 4 is 23.2 Å². The third-order valence-electron chi connectivity index (χ3n) is 6.18. The van der Waals surface area contributed by atoms with Gasteiger partial charge in [-0.15, -0.1) is 11.3 Å². The Morgan fingerprint density at radius 1 is 1.11 bits per heavy atom. The summed E-state index contributed by atoms with van der Waals surface area (Å²) in [5, 5.41) is 5.41. The van der Waals surface area contributed by atoms with Crippen LogP contribution in [0, 0.1) is 11.8 Å². The lowest BCUT2D eigenvalue weighted by atomic mass is 9.87. The van der Waals surface area contributed by atoms with E-state index >= 15 is 0 Å². The molecule has 2 aromatic carbocycles. The monoisotopic (exact) mass is 505 g/mol. The zero-order valence-electron chi connectivity index (χ0n) is 21.5. The van der Waals surface area contributed by atoms with Gasteiger partial charge >= 0.3 is 0 Å². The van der Waals surface area contributed by atoms with E-state index in [1.165, 1.54) is 16.9 Å². The van der Waals surface area contributed by atoms with Gasteiger partial charge < -0.3 is 15.0 Å². The topological polar surface area (TPSA) is 71.5 Å². The third kappa shape index (κ3) is 6.32. The van der Waals surface area contributed by atoms with Crippen molar-refractivity contribution in [2.24, 2.45) is 11.8 Å². The number of aromatic nitrogens is 1. The first-order valence-electron chi connectivity index (χ1n) is 12.6. The third-order valence-corrected chi connectivity index (χ3v) is 7.00. The predicted molar refractivity (Wildman–Crippen MR) is 143 cm³/mol. The number of carbonyl (C=O) groups is 2. The van der Waals surface area contributed by atoms with Crippen LogP contribution < -0.4 is 10.1 Å². The number of benzene rings is 2. The van der Waals surface area contributed by atoms with E-state index in [4.69, 9.17) is 4.74 Å². The lowest BCUT2D eigenvalue weighted by Gasteiger charge is -2.38. The molecule has 1 aliphatic heterocycles. The number of nitrogens with zero attached hydrogens (tertiary/aromatic N) is 2. The average Bonchev–Trinajstić information content (AvgIpc) is 3.34. The highest BCUT2D eigenvalue weighted by Gasteiger charge is 2.32. The van der Waals surface area contributed by atoms with E-state index in [0.717, 1.165) is 28.3 Å². The summed E-state index contributed by atoms with van der Waals surface area (Å²) in [5.74, 6) is 1.45. The summed E-state index contributed by atoms with van der Waals surface area (Å²) in [7, 11) is 0. The molecule has 0 spiro atoms. The van der Waals surface area contributed by atoms with E-state index < -0.39 is 0 Å². The molecule has 3 aromatic rings. The second-order valence-corrected chi connectivity index (χ2v) is 11.1. The minimum Gasteiger partial charge on any atom is -0.486 e. The summed E-state index contributed by atoms with van der Waals surface area (Å²) in [6, 6.07) is 16.2. The zero-order chi connectivity index (χ0) is 25.7. The van der Waals surface area contributed by atoms with Crippen molar-refractivity contribution < 1.29 is 14.3 Å². The summed E-state index contributed by atoms with van der Waals surface area (Å²) in [5.41, 5.74) is 3.87. The number of rotatable bonds is 9. The maximum absolute atomic E-state index is 13.2. The molecule has 190 valence electrons. The number of hydrogen-bond donors (Lipinski definition) is 1. The number of carbonyl (C=O) groups excluding carboxylic acids is 2. The van der Waals surface area contributed by atoms with Gasteiger partial charge in [0.05, 0.1) is 6.04 Å². The fourth-order valence-corrected chi connectivity index (χ4v) is 5.11. The Labute approximate surface area is 217 Å². The van der Waals surface area contributed by atoms with Gasteiger partial charge in [-0.05, 0) is 47.1 Å². The summed E-state index contributed by atoms with van der Waals surface area (Å²) in [4.78, 5) is 31.9. The van der Waals surface area contributed by atoms with Crippen LogP contribution in [0.25, 0.3) is 0 Å². The molecule has 0 fully saturated rings. The van der Waals surface area contributed by atoms with Crippen molar-refractivity contribution in [1.29, 1.82) is 0 Å². The lowest BCUT2D eigenvalue weighted by Crippen LogP contribution is -2.41. The second kappa shape index (κ2) is 11.7. The van der Waals surface area contributed by atoms with Crippen LogP contribution in [0.5, 0.6) is 5.75 Å². The van der Waals surface area contributed by atoms with Crippen LogP contribution in [0.15, 0.2) is 53.9 Å². The molecule has 1 aliphatic rings. The highest BCUT2D eigenvalue weighted by molar-refractivity contribution is 7.09. The van der Waals surface area contributed by atoms with Crippen LogP contribution in [-0.4, -0.2) is 34.8 Å². The van der Waals surface area contributed by atoms with Gasteiger partial charge in [-0.1, -0.05) is 64.1 Å². The highest BCUT2D eigenvalue weighted by Crippen LogP contribution is 2.38. The first kappa shape index (κ1) is 25.9. The van der Waals surface area contributed by atoms with Gasteiger partial charge in [0, 0.05) is 24.9 Å². The molecule has 6 nitrogen and oxygen atoms in total. The molecule has 1 N–H and O–H groups in total. The Bertz CT molecular complexity index is 1190. The van der Waals surface area contributed by atoms with Crippen LogP contribution in [0.2, 0.25) is 0 Å². The molecule has 0 unspecified atom stereocenters. The molecule has 7 heteroatoms. The molecule has 0 bridgehead atoms. The van der Waals surface area contributed by atoms with Gasteiger partial charge in [0.25, 0.3) is 5.91 Å². The van der Waals surface area contributed by atoms with E-state index in [1.807, 2.05) is 29.2 Å². The van der Waals surface area contributed by atoms with Gasteiger partial charge in [-0.2, -0.15) is 0 Å². The Morgan fingerprint density at radius 3 is 2.61 bits per heavy atom. The average molecular weight is 506 g/mol. The van der Waals surface area contributed by atoms with Crippen LogP contribution in [0.4, 0.5) is 0 Å². The smallest absolute Gasteiger partial charge is 0.270 e. The number of fused-ring (bicyclic) bond motifs is 1. The molecule has 1 atom stereocenters. The van der Waals surface area contributed by atoms with Crippen molar-refractivity contribution in [3.05, 3.63) is 81.3 Å². The molecule has 2 heterocycles. The number of thiazole rings is 1. The molecule has 2 amide bonds. The Hall–Kier alpha value is -3.19. The van der Waals surface area contributed by atoms with Crippen LogP contribution in [0.1, 0.15) is 72.3 Å². The number of hydrogen-bond acceptors (Lipinski definition) is 5. The van der Waals surface area contributed by atoms with Gasteiger partial charge in [-0.3, -0.25) is 9.59 Å². The summed E-state index contributed by atoms with van der Waals surface area (Å²) in [6.07, 6.45) is 1.36. The number of nitrogens with one attached hydrogen (secondary N) is 1. The Kier molecular flexibility index (Phi) is 8.41. The van der Waals surface area contributed by atoms with Crippen molar-refractivity contribution in [2.75, 3.05) is 13.1 Å². The molecule has 4 rings (SSSR count). The Balaban J connectivity index is 1.53. The van der Waals surface area contributed by atoms with Gasteiger partial charge in [0.1, 0.15) is 23.1 Å².